The van der Waals surface area contributed by atoms with Crippen LogP contribution >= 0.6 is 0 Å². The van der Waals surface area contributed by atoms with Gasteiger partial charge < -0.3 is 4.98 Å². The van der Waals surface area contributed by atoms with Gasteiger partial charge >= 0.3 is 5.69 Å². The molecule has 0 spiro atoms. The van der Waals surface area contributed by atoms with Gasteiger partial charge in [-0.3, -0.25) is 4.57 Å². The third-order valence-electron chi connectivity index (χ3n) is 3.20. The van der Waals surface area contributed by atoms with Crippen LogP contribution in [0.2, 0.25) is 0 Å². The largest absolute Gasteiger partial charge is 0.325 e. The van der Waals surface area contributed by atoms with E-state index in [1.165, 1.54) is 25.7 Å². The summed E-state index contributed by atoms with van der Waals surface area (Å²) in [6.07, 6.45) is 8.78. The summed E-state index contributed by atoms with van der Waals surface area (Å²) in [7, 11) is 0. The summed E-state index contributed by atoms with van der Waals surface area (Å²) in [6.45, 7) is 2.14. The summed E-state index contributed by atoms with van der Waals surface area (Å²) in [5.74, 6) is 0.702. The number of nitrogens with one attached hydrogen (secondary N) is 1. The van der Waals surface area contributed by atoms with Crippen molar-refractivity contribution in [3.8, 4) is 0 Å². The molecule has 3 nitrogen and oxygen atoms in total. The Morgan fingerprint density at radius 3 is 2.77 bits per heavy atom. The maximum Gasteiger partial charge on any atom is 0.325 e. The third kappa shape index (κ3) is 1.55. The molecule has 0 radical (unpaired) electrons. The fourth-order valence-electron chi connectivity index (χ4n) is 2.32. The SMILES string of the molecule is CC(C1CCCC1)n1cc[nH]c1=O. The Kier molecular flexibility index (Phi) is 2.25. The van der Waals surface area contributed by atoms with Crippen LogP contribution in [-0.2, 0) is 0 Å². The molecule has 1 fully saturated rings. The molecule has 1 atom stereocenters. The van der Waals surface area contributed by atoms with E-state index in [-0.39, 0.29) is 5.69 Å². The summed E-state index contributed by atoms with van der Waals surface area (Å²) in [6, 6.07) is 0.362. The molecule has 1 N–H and O–H groups in total. The first kappa shape index (κ1) is 8.60. The lowest BCUT2D eigenvalue weighted by atomic mass is 10.00. The maximum atomic E-state index is 11.3. The molecule has 0 bridgehead atoms. The van der Waals surface area contributed by atoms with E-state index < -0.39 is 0 Å². The molecule has 13 heavy (non-hydrogen) atoms. The molecule has 1 aromatic rings. The smallest absolute Gasteiger partial charge is 0.313 e. The van der Waals surface area contributed by atoms with Crippen molar-refractivity contribution in [3.05, 3.63) is 22.9 Å². The molecular formula is C10H16N2O. The molecular weight excluding hydrogens is 164 g/mol. The number of hydrogen-bond acceptors (Lipinski definition) is 1. The lowest BCUT2D eigenvalue weighted by molar-refractivity contribution is 0.354. The summed E-state index contributed by atoms with van der Waals surface area (Å²) >= 11 is 0. The van der Waals surface area contributed by atoms with Gasteiger partial charge in [0.15, 0.2) is 0 Å². The second-order valence-corrected chi connectivity index (χ2v) is 3.96. The van der Waals surface area contributed by atoms with Crippen molar-refractivity contribution in [2.45, 2.75) is 38.6 Å². The second kappa shape index (κ2) is 3.40. The Morgan fingerprint density at radius 2 is 2.23 bits per heavy atom. The maximum absolute atomic E-state index is 11.3. The minimum atomic E-state index is 0.0272. The van der Waals surface area contributed by atoms with E-state index in [9.17, 15) is 4.79 Å². The zero-order valence-corrected chi connectivity index (χ0v) is 7.99. The lowest BCUT2D eigenvalue weighted by Crippen LogP contribution is -2.24. The van der Waals surface area contributed by atoms with Crippen molar-refractivity contribution >= 4 is 0 Å². The molecule has 1 aliphatic carbocycles. The number of nitrogens with zero attached hydrogens (tertiary/aromatic N) is 1. The van der Waals surface area contributed by atoms with E-state index in [4.69, 9.17) is 0 Å². The first-order chi connectivity index (χ1) is 6.29. The molecule has 1 saturated carbocycles. The molecule has 1 unspecified atom stereocenters. The first-order valence-corrected chi connectivity index (χ1v) is 5.04. The highest BCUT2D eigenvalue weighted by Gasteiger charge is 2.23. The van der Waals surface area contributed by atoms with Gasteiger partial charge in [0, 0.05) is 18.4 Å². The predicted molar refractivity (Wildman–Crippen MR) is 51.7 cm³/mol. The van der Waals surface area contributed by atoms with Crippen molar-refractivity contribution in [2.24, 2.45) is 5.92 Å². The van der Waals surface area contributed by atoms with Crippen LogP contribution in [0.3, 0.4) is 0 Å². The fourth-order valence-corrected chi connectivity index (χ4v) is 2.32. The van der Waals surface area contributed by atoms with Gasteiger partial charge in [-0.15, -0.1) is 0 Å². The van der Waals surface area contributed by atoms with Crippen LogP contribution in [-0.4, -0.2) is 9.55 Å². The monoisotopic (exact) mass is 180 g/mol. The van der Waals surface area contributed by atoms with E-state index in [0.29, 0.717) is 12.0 Å². The van der Waals surface area contributed by atoms with Gasteiger partial charge in [0.25, 0.3) is 0 Å². The molecule has 1 aliphatic rings. The number of rotatable bonds is 2. The topological polar surface area (TPSA) is 37.8 Å². The highest BCUT2D eigenvalue weighted by molar-refractivity contribution is 4.84. The van der Waals surface area contributed by atoms with E-state index >= 15 is 0 Å². The number of imidazole rings is 1. The number of aromatic nitrogens is 2. The van der Waals surface area contributed by atoms with Crippen molar-refractivity contribution in [2.75, 3.05) is 0 Å². The predicted octanol–water partition coefficient (Wildman–Crippen LogP) is 1.93. The van der Waals surface area contributed by atoms with Gasteiger partial charge in [-0.1, -0.05) is 12.8 Å². The average molecular weight is 180 g/mol. The van der Waals surface area contributed by atoms with Crippen LogP contribution in [0.1, 0.15) is 38.6 Å². The molecule has 0 aliphatic heterocycles. The summed E-state index contributed by atoms with van der Waals surface area (Å²) in [5, 5.41) is 0. The van der Waals surface area contributed by atoms with Gasteiger partial charge in [-0.2, -0.15) is 0 Å². The van der Waals surface area contributed by atoms with Crippen molar-refractivity contribution in [3.63, 3.8) is 0 Å². The van der Waals surface area contributed by atoms with Crippen LogP contribution in [0.4, 0.5) is 0 Å². The Bertz CT molecular complexity index is 320. The van der Waals surface area contributed by atoms with E-state index in [0.717, 1.165) is 0 Å². The second-order valence-electron chi connectivity index (χ2n) is 3.96. The molecule has 3 heteroatoms. The van der Waals surface area contributed by atoms with Crippen molar-refractivity contribution in [1.29, 1.82) is 0 Å². The van der Waals surface area contributed by atoms with Crippen LogP contribution in [0.15, 0.2) is 17.2 Å². The van der Waals surface area contributed by atoms with Gasteiger partial charge in [0.1, 0.15) is 0 Å². The van der Waals surface area contributed by atoms with Gasteiger partial charge in [0.2, 0.25) is 0 Å². The van der Waals surface area contributed by atoms with E-state index in [2.05, 4.69) is 11.9 Å². The molecule has 0 saturated heterocycles. The minimum Gasteiger partial charge on any atom is -0.313 e. The highest BCUT2D eigenvalue weighted by atomic mass is 16.1. The lowest BCUT2D eigenvalue weighted by Gasteiger charge is -2.18. The third-order valence-corrected chi connectivity index (χ3v) is 3.20. The van der Waals surface area contributed by atoms with Gasteiger partial charge in [-0.25, -0.2) is 4.79 Å². The number of hydrogen-bond donors (Lipinski definition) is 1. The Balaban J connectivity index is 2.16. The standard InChI is InChI=1S/C10H16N2O/c1-8(9-4-2-3-5-9)12-7-6-11-10(12)13/h6-9H,2-5H2,1H3,(H,11,13). The molecule has 1 heterocycles. The Labute approximate surface area is 77.8 Å². The first-order valence-electron chi connectivity index (χ1n) is 5.04. The zero-order valence-electron chi connectivity index (χ0n) is 7.99. The van der Waals surface area contributed by atoms with Crippen LogP contribution < -0.4 is 5.69 Å². The van der Waals surface area contributed by atoms with Crippen LogP contribution in [0, 0.1) is 5.92 Å². The van der Waals surface area contributed by atoms with E-state index in [1.807, 2.05) is 10.8 Å². The average Bonchev–Trinajstić information content (AvgIpc) is 2.72. The molecule has 2 rings (SSSR count). The zero-order chi connectivity index (χ0) is 9.26. The van der Waals surface area contributed by atoms with Crippen LogP contribution in [0.5, 0.6) is 0 Å². The summed E-state index contributed by atoms with van der Waals surface area (Å²) in [4.78, 5) is 14.0. The normalized spacial score (nSPS) is 20.7. The van der Waals surface area contributed by atoms with Gasteiger partial charge in [-0.05, 0) is 25.7 Å². The van der Waals surface area contributed by atoms with Gasteiger partial charge in [0.05, 0.1) is 0 Å². The Hall–Kier alpha value is -0.990. The fraction of sp³-hybridized carbons (Fsp3) is 0.700. The number of aromatic amines is 1. The van der Waals surface area contributed by atoms with Crippen molar-refractivity contribution in [1.82, 2.24) is 9.55 Å². The quantitative estimate of drug-likeness (QED) is 0.742. The molecule has 1 aromatic heterocycles. The number of H-pyrrole nitrogens is 1. The Morgan fingerprint density at radius 1 is 1.54 bits per heavy atom. The summed E-state index contributed by atoms with van der Waals surface area (Å²) in [5.41, 5.74) is 0.0272. The van der Waals surface area contributed by atoms with E-state index in [1.54, 1.807) is 6.20 Å². The molecule has 0 amide bonds. The van der Waals surface area contributed by atoms with Crippen molar-refractivity contribution < 1.29 is 0 Å². The summed E-state index contributed by atoms with van der Waals surface area (Å²) < 4.78 is 1.82. The van der Waals surface area contributed by atoms with Crippen LogP contribution in [0.25, 0.3) is 0 Å². The minimum absolute atomic E-state index is 0.0272. The molecule has 0 aromatic carbocycles. The highest BCUT2D eigenvalue weighted by Crippen LogP contribution is 2.32. The molecule has 72 valence electrons.